The number of hydrogen-bond acceptors (Lipinski definition) is 2. The number of rotatable bonds is 5. The molecule has 0 bridgehead atoms. The number of aryl methyl sites for hydroxylation is 1. The van der Waals surface area contributed by atoms with Crippen LogP contribution in [0.3, 0.4) is 0 Å². The third-order valence-corrected chi connectivity index (χ3v) is 3.90. The Balaban J connectivity index is 1.76. The maximum atomic E-state index is 8.58. The highest BCUT2D eigenvalue weighted by molar-refractivity contribution is 5.84. The summed E-state index contributed by atoms with van der Waals surface area (Å²) < 4.78 is 0. The molecule has 0 aliphatic heterocycles. The van der Waals surface area contributed by atoms with E-state index in [4.69, 9.17) is 5.26 Å². The third-order valence-electron chi connectivity index (χ3n) is 3.90. The lowest BCUT2D eigenvalue weighted by Crippen LogP contribution is -1.94. The number of pyridine rings is 1. The van der Waals surface area contributed by atoms with E-state index in [0.29, 0.717) is 6.42 Å². The topological polar surface area (TPSA) is 36.7 Å². The Morgan fingerprint density at radius 1 is 0.909 bits per heavy atom. The fraction of sp³-hybridized carbons (Fsp3) is 0.200. The van der Waals surface area contributed by atoms with Gasteiger partial charge in [0.2, 0.25) is 0 Å². The Kier molecular flexibility index (Phi) is 4.46. The summed E-state index contributed by atoms with van der Waals surface area (Å²) in [7, 11) is 0. The summed E-state index contributed by atoms with van der Waals surface area (Å²) in [6, 6.07) is 21.3. The molecule has 2 aromatic carbocycles. The van der Waals surface area contributed by atoms with Crippen LogP contribution < -0.4 is 0 Å². The van der Waals surface area contributed by atoms with Crippen molar-refractivity contribution in [2.75, 3.05) is 0 Å². The molecule has 0 unspecified atom stereocenters. The predicted octanol–water partition coefficient (Wildman–Crippen LogP) is 4.67. The van der Waals surface area contributed by atoms with Crippen molar-refractivity contribution in [3.05, 3.63) is 77.6 Å². The zero-order valence-corrected chi connectivity index (χ0v) is 12.5. The number of unbranched alkanes of at least 4 members (excludes halogenated alkanes) is 1. The lowest BCUT2D eigenvalue weighted by atomic mass is 10.0. The predicted molar refractivity (Wildman–Crippen MR) is 89.5 cm³/mol. The zero-order valence-electron chi connectivity index (χ0n) is 12.5. The molecule has 0 atom stereocenters. The second-order valence-electron chi connectivity index (χ2n) is 5.48. The molecule has 0 amide bonds. The highest BCUT2D eigenvalue weighted by Crippen LogP contribution is 2.19. The van der Waals surface area contributed by atoms with E-state index in [1.54, 1.807) is 0 Å². The van der Waals surface area contributed by atoms with Crippen LogP contribution in [-0.2, 0) is 12.8 Å². The Labute approximate surface area is 131 Å². The van der Waals surface area contributed by atoms with E-state index in [2.05, 4.69) is 65.7 Å². The fourth-order valence-electron chi connectivity index (χ4n) is 2.71. The lowest BCUT2D eigenvalue weighted by Gasteiger charge is -2.07. The SMILES string of the molecule is N#CCCCc1ccc(Cc2nccc3ccccc23)cc1. The van der Waals surface area contributed by atoms with Crippen LogP contribution in [0.5, 0.6) is 0 Å². The highest BCUT2D eigenvalue weighted by atomic mass is 14.7. The largest absolute Gasteiger partial charge is 0.260 e. The minimum Gasteiger partial charge on any atom is -0.260 e. The first kappa shape index (κ1) is 14.3. The van der Waals surface area contributed by atoms with Crippen LogP contribution in [0.2, 0.25) is 0 Å². The fourth-order valence-corrected chi connectivity index (χ4v) is 2.71. The van der Waals surface area contributed by atoms with Crippen LogP contribution in [0.1, 0.15) is 29.7 Å². The first-order valence-electron chi connectivity index (χ1n) is 7.64. The number of aromatic nitrogens is 1. The molecule has 108 valence electrons. The second-order valence-corrected chi connectivity index (χ2v) is 5.48. The number of fused-ring (bicyclic) bond motifs is 1. The van der Waals surface area contributed by atoms with Crippen molar-refractivity contribution in [2.45, 2.75) is 25.7 Å². The Morgan fingerprint density at radius 3 is 2.50 bits per heavy atom. The van der Waals surface area contributed by atoms with Gasteiger partial charge >= 0.3 is 0 Å². The third kappa shape index (κ3) is 3.32. The average molecular weight is 286 g/mol. The average Bonchev–Trinajstić information content (AvgIpc) is 2.57. The zero-order chi connectivity index (χ0) is 15.2. The van der Waals surface area contributed by atoms with Crippen LogP contribution in [0.25, 0.3) is 10.8 Å². The molecule has 0 saturated heterocycles. The van der Waals surface area contributed by atoms with E-state index in [-0.39, 0.29) is 0 Å². The first-order chi connectivity index (χ1) is 10.9. The van der Waals surface area contributed by atoms with Gasteiger partial charge in [0.25, 0.3) is 0 Å². The van der Waals surface area contributed by atoms with Crippen LogP contribution in [-0.4, -0.2) is 4.98 Å². The summed E-state index contributed by atoms with van der Waals surface area (Å²) in [5, 5.41) is 11.0. The number of benzene rings is 2. The molecule has 0 aliphatic carbocycles. The highest BCUT2D eigenvalue weighted by Gasteiger charge is 2.03. The second kappa shape index (κ2) is 6.87. The molecule has 0 aliphatic rings. The molecule has 22 heavy (non-hydrogen) atoms. The van der Waals surface area contributed by atoms with E-state index in [1.807, 2.05) is 6.20 Å². The summed E-state index contributed by atoms with van der Waals surface area (Å²) in [6.45, 7) is 0. The van der Waals surface area contributed by atoms with Gasteiger partial charge in [-0.1, -0.05) is 48.5 Å². The smallest absolute Gasteiger partial charge is 0.0621 e. The van der Waals surface area contributed by atoms with E-state index < -0.39 is 0 Å². The van der Waals surface area contributed by atoms with Gasteiger partial charge in [0.1, 0.15) is 0 Å². The molecule has 2 nitrogen and oxygen atoms in total. The minimum atomic E-state index is 0.627. The summed E-state index contributed by atoms with van der Waals surface area (Å²) in [5.41, 5.74) is 3.69. The van der Waals surface area contributed by atoms with Gasteiger partial charge in [0, 0.05) is 24.4 Å². The van der Waals surface area contributed by atoms with Gasteiger partial charge in [0.15, 0.2) is 0 Å². The van der Waals surface area contributed by atoms with Gasteiger partial charge in [-0.3, -0.25) is 4.98 Å². The molecule has 1 heterocycles. The van der Waals surface area contributed by atoms with Crippen molar-refractivity contribution >= 4 is 10.8 Å². The molecular weight excluding hydrogens is 268 g/mol. The molecular formula is C20H18N2. The maximum absolute atomic E-state index is 8.58. The van der Waals surface area contributed by atoms with Gasteiger partial charge in [-0.25, -0.2) is 0 Å². The van der Waals surface area contributed by atoms with E-state index in [9.17, 15) is 0 Å². The van der Waals surface area contributed by atoms with Gasteiger partial charge in [-0.15, -0.1) is 0 Å². The van der Waals surface area contributed by atoms with Crippen molar-refractivity contribution in [3.63, 3.8) is 0 Å². The molecule has 3 rings (SSSR count). The summed E-state index contributed by atoms with van der Waals surface area (Å²) >= 11 is 0. The normalized spacial score (nSPS) is 10.5. The Bertz CT molecular complexity index is 793. The molecule has 3 aromatic rings. The molecule has 0 fully saturated rings. The summed E-state index contributed by atoms with van der Waals surface area (Å²) in [6.07, 6.45) is 5.26. The Hall–Kier alpha value is -2.66. The molecule has 2 heteroatoms. The van der Waals surface area contributed by atoms with Crippen molar-refractivity contribution < 1.29 is 0 Å². The molecule has 0 saturated carbocycles. The monoisotopic (exact) mass is 286 g/mol. The van der Waals surface area contributed by atoms with Gasteiger partial charge < -0.3 is 0 Å². The molecule has 0 N–H and O–H groups in total. The first-order valence-corrected chi connectivity index (χ1v) is 7.64. The quantitative estimate of drug-likeness (QED) is 0.639. The maximum Gasteiger partial charge on any atom is 0.0621 e. The number of nitrogens with zero attached hydrogens (tertiary/aromatic N) is 2. The van der Waals surface area contributed by atoms with Crippen LogP contribution in [0, 0.1) is 11.3 Å². The van der Waals surface area contributed by atoms with E-state index >= 15 is 0 Å². The van der Waals surface area contributed by atoms with E-state index in [1.165, 1.54) is 21.9 Å². The minimum absolute atomic E-state index is 0.627. The van der Waals surface area contributed by atoms with Gasteiger partial charge in [-0.2, -0.15) is 5.26 Å². The standard InChI is InChI=1S/C20H18N2/c21-13-4-3-5-16-8-10-17(11-9-16)15-20-19-7-2-1-6-18(19)12-14-22-20/h1-2,6-12,14H,3-5,15H2. The van der Waals surface area contributed by atoms with Crippen LogP contribution in [0.15, 0.2) is 60.8 Å². The molecule has 0 radical (unpaired) electrons. The molecule has 0 spiro atoms. The number of nitriles is 1. The summed E-state index contributed by atoms with van der Waals surface area (Å²) in [4.78, 5) is 4.55. The Morgan fingerprint density at radius 2 is 1.68 bits per heavy atom. The van der Waals surface area contributed by atoms with Gasteiger partial charge in [-0.05, 0) is 35.4 Å². The van der Waals surface area contributed by atoms with Crippen molar-refractivity contribution in [1.29, 1.82) is 5.26 Å². The van der Waals surface area contributed by atoms with E-state index in [0.717, 1.165) is 25.0 Å². The van der Waals surface area contributed by atoms with Crippen molar-refractivity contribution in [1.82, 2.24) is 4.98 Å². The van der Waals surface area contributed by atoms with Crippen molar-refractivity contribution in [2.24, 2.45) is 0 Å². The lowest BCUT2D eigenvalue weighted by molar-refractivity contribution is 0.850. The molecule has 1 aromatic heterocycles. The summed E-state index contributed by atoms with van der Waals surface area (Å²) in [5.74, 6) is 0. The van der Waals surface area contributed by atoms with Crippen LogP contribution >= 0.6 is 0 Å². The number of hydrogen-bond donors (Lipinski definition) is 0. The van der Waals surface area contributed by atoms with Crippen molar-refractivity contribution in [3.8, 4) is 6.07 Å². The van der Waals surface area contributed by atoms with Crippen LogP contribution in [0.4, 0.5) is 0 Å². The van der Waals surface area contributed by atoms with Gasteiger partial charge in [0.05, 0.1) is 11.8 Å².